The summed E-state index contributed by atoms with van der Waals surface area (Å²) in [6, 6.07) is 0. The van der Waals surface area contributed by atoms with Crippen molar-refractivity contribution in [1.82, 2.24) is 0 Å². The lowest BCUT2D eigenvalue weighted by Crippen LogP contribution is -2.70. The zero-order valence-corrected chi connectivity index (χ0v) is 28.3. The van der Waals surface area contributed by atoms with Gasteiger partial charge < -0.3 is 43.4 Å². The van der Waals surface area contributed by atoms with Gasteiger partial charge in [0.2, 0.25) is 0 Å². The summed E-state index contributed by atoms with van der Waals surface area (Å²) in [4.78, 5) is 13.2. The number of carbonyl (C=O) groups excluding carboxylic acids is 1. The Bertz CT molecular complexity index is 1150. The number of methoxy groups -OCH3 is 1. The summed E-state index contributed by atoms with van der Waals surface area (Å²) >= 11 is 0. The van der Waals surface area contributed by atoms with Crippen molar-refractivity contribution in [3.63, 3.8) is 0 Å². The third kappa shape index (κ3) is 7.33. The van der Waals surface area contributed by atoms with Gasteiger partial charge in [-0.3, -0.25) is 4.79 Å². The Kier molecular flexibility index (Phi) is 10.3. The van der Waals surface area contributed by atoms with Crippen LogP contribution in [0.1, 0.15) is 90.4 Å². The molecule has 0 spiro atoms. The van der Waals surface area contributed by atoms with Crippen molar-refractivity contribution in [2.75, 3.05) is 20.3 Å². The van der Waals surface area contributed by atoms with E-state index in [1.54, 1.807) is 7.11 Å². The fourth-order valence-electron chi connectivity index (χ4n) is 9.51. The molecule has 10 heteroatoms. The van der Waals surface area contributed by atoms with E-state index in [2.05, 4.69) is 13.2 Å². The van der Waals surface area contributed by atoms with Crippen LogP contribution in [0.2, 0.25) is 0 Å². The lowest BCUT2D eigenvalue weighted by molar-refractivity contribution is -0.369. The van der Waals surface area contributed by atoms with Gasteiger partial charge in [0, 0.05) is 50.5 Å². The van der Waals surface area contributed by atoms with Gasteiger partial charge in [0.1, 0.15) is 11.9 Å². The van der Waals surface area contributed by atoms with Crippen LogP contribution in [0.15, 0.2) is 24.3 Å². The Morgan fingerprint density at radius 1 is 0.957 bits per heavy atom. The number of ketones is 1. The van der Waals surface area contributed by atoms with E-state index in [1.807, 2.05) is 6.92 Å². The van der Waals surface area contributed by atoms with Gasteiger partial charge in [0.25, 0.3) is 0 Å². The number of hydrogen-bond acceptors (Lipinski definition) is 10. The molecule has 0 amide bonds. The first-order chi connectivity index (χ1) is 22.6. The SMILES string of the molecule is C=C1CC[C@H](CC[C@@H]2O[C@@H](CC[C@@]3(O)C[C@@H](O)[C@@H]4CC5[C@@H](O3)C3O[C@@H](CC(=O)C[C@H]6[C@H](C)OC[C@@H]6OC)CC[C@@H]3O[C@H]54)CC2=C)OC1. The van der Waals surface area contributed by atoms with Crippen molar-refractivity contribution in [3.8, 4) is 0 Å². The molecule has 8 rings (SSSR count). The Morgan fingerprint density at radius 2 is 1.81 bits per heavy atom. The Hall–Kier alpha value is -1.21. The first-order valence-electron chi connectivity index (χ1n) is 18.3. The van der Waals surface area contributed by atoms with Gasteiger partial charge in [0.15, 0.2) is 5.79 Å². The van der Waals surface area contributed by atoms with Gasteiger partial charge in [-0.05, 0) is 70.3 Å². The molecule has 0 aromatic rings. The molecule has 8 aliphatic rings. The Morgan fingerprint density at radius 3 is 2.60 bits per heavy atom. The molecule has 1 aliphatic carbocycles. The maximum absolute atomic E-state index is 13.2. The van der Waals surface area contributed by atoms with Crippen molar-refractivity contribution < 1.29 is 48.2 Å². The normalized spacial score (nSPS) is 48.0. The first-order valence-corrected chi connectivity index (χ1v) is 18.3. The number of ether oxygens (including phenoxy) is 7. The van der Waals surface area contributed by atoms with Crippen LogP contribution in [0.25, 0.3) is 0 Å². The predicted octanol–water partition coefficient (Wildman–Crippen LogP) is 4.18. The topological polar surface area (TPSA) is 122 Å². The highest BCUT2D eigenvalue weighted by Crippen LogP contribution is 2.54. The summed E-state index contributed by atoms with van der Waals surface area (Å²) < 4.78 is 43.5. The summed E-state index contributed by atoms with van der Waals surface area (Å²) in [7, 11) is 1.67. The van der Waals surface area contributed by atoms with Crippen LogP contribution in [-0.2, 0) is 38.0 Å². The number of fused-ring (bicyclic) bond motifs is 4. The van der Waals surface area contributed by atoms with Crippen molar-refractivity contribution in [2.24, 2.45) is 17.8 Å². The van der Waals surface area contributed by atoms with Gasteiger partial charge in [-0.25, -0.2) is 0 Å². The van der Waals surface area contributed by atoms with Gasteiger partial charge in [-0.15, -0.1) is 0 Å². The van der Waals surface area contributed by atoms with Crippen LogP contribution in [0.4, 0.5) is 0 Å². The molecule has 2 unspecified atom stereocenters. The molecular weight excluding hydrogens is 604 g/mol. The second-order valence-electron chi connectivity index (χ2n) is 15.7. The first kappa shape index (κ1) is 34.2. The molecule has 47 heavy (non-hydrogen) atoms. The molecule has 264 valence electrons. The third-order valence-corrected chi connectivity index (χ3v) is 12.4. The molecule has 8 fully saturated rings. The molecule has 7 aliphatic heterocycles. The number of hydrogen-bond donors (Lipinski definition) is 2. The minimum absolute atomic E-state index is 0.00283. The summed E-state index contributed by atoms with van der Waals surface area (Å²) in [6.07, 6.45) is 6.92. The number of rotatable bonds is 11. The average Bonchev–Trinajstić information content (AvgIpc) is 3.57. The van der Waals surface area contributed by atoms with Crippen molar-refractivity contribution >= 4 is 5.78 Å². The largest absolute Gasteiger partial charge is 0.393 e. The van der Waals surface area contributed by atoms with E-state index >= 15 is 0 Å². The molecule has 0 radical (unpaired) electrons. The smallest absolute Gasteiger partial charge is 0.168 e. The van der Waals surface area contributed by atoms with Gasteiger partial charge in [-0.1, -0.05) is 18.7 Å². The highest BCUT2D eigenvalue weighted by molar-refractivity contribution is 5.79. The average molecular weight is 661 g/mol. The number of carbonyl (C=O) groups is 1. The summed E-state index contributed by atoms with van der Waals surface area (Å²) in [5.74, 6) is -1.28. The molecule has 4 bridgehead atoms. The van der Waals surface area contributed by atoms with Crippen LogP contribution in [-0.4, -0.2) is 109 Å². The van der Waals surface area contributed by atoms with E-state index in [-0.39, 0.29) is 91.0 Å². The monoisotopic (exact) mass is 660 g/mol. The van der Waals surface area contributed by atoms with Crippen LogP contribution in [0, 0.1) is 17.8 Å². The molecule has 10 nitrogen and oxygen atoms in total. The fraction of sp³-hybridized carbons (Fsp3) is 0.865. The highest BCUT2D eigenvalue weighted by Gasteiger charge is 2.62. The molecule has 7 heterocycles. The van der Waals surface area contributed by atoms with Crippen molar-refractivity contribution in [3.05, 3.63) is 24.3 Å². The standard InChI is InChI=1S/C37H56O10/c1-20-5-6-24(43-18-20)7-9-31-21(2)13-26(44-31)11-12-37(40)17-30(39)28-16-29-34(28)46-32-10-8-25(45-36(32)35(29)47-37)14-23(38)15-27-22(3)42-19-33(27)41-4/h22,24-36,39-40H,1-2,5-19H2,3-4H3/t22-,24+,25+,26-,27-,28-,29?,30+,31-,32-,33-,34-,35+,36?,37-/m0/s1. The van der Waals surface area contributed by atoms with Gasteiger partial charge >= 0.3 is 0 Å². The van der Waals surface area contributed by atoms with E-state index in [0.29, 0.717) is 38.9 Å². The minimum atomic E-state index is -1.51. The highest BCUT2D eigenvalue weighted by atomic mass is 16.7. The maximum Gasteiger partial charge on any atom is 0.168 e. The quantitative estimate of drug-likeness (QED) is 0.312. The van der Waals surface area contributed by atoms with Crippen LogP contribution < -0.4 is 0 Å². The lowest BCUT2D eigenvalue weighted by atomic mass is 9.61. The molecular formula is C37H56O10. The lowest BCUT2D eigenvalue weighted by Gasteiger charge is -2.61. The fourth-order valence-corrected chi connectivity index (χ4v) is 9.51. The van der Waals surface area contributed by atoms with E-state index in [4.69, 9.17) is 33.2 Å². The zero-order valence-electron chi connectivity index (χ0n) is 28.3. The van der Waals surface area contributed by atoms with Gasteiger partial charge in [-0.2, -0.15) is 0 Å². The zero-order chi connectivity index (χ0) is 32.9. The van der Waals surface area contributed by atoms with E-state index in [9.17, 15) is 15.0 Å². The summed E-state index contributed by atoms with van der Waals surface area (Å²) in [5.41, 5.74) is 2.26. The maximum atomic E-state index is 13.2. The van der Waals surface area contributed by atoms with Crippen LogP contribution in [0.5, 0.6) is 0 Å². The second-order valence-corrected chi connectivity index (χ2v) is 15.7. The second kappa shape index (κ2) is 14.2. The molecule has 0 aromatic carbocycles. The molecule has 1 saturated carbocycles. The minimum Gasteiger partial charge on any atom is -0.393 e. The number of aliphatic hydroxyl groups excluding tert-OH is 1. The molecule has 7 saturated heterocycles. The molecule has 2 N–H and O–H groups in total. The van der Waals surface area contributed by atoms with E-state index in [1.165, 1.54) is 0 Å². The third-order valence-electron chi connectivity index (χ3n) is 12.4. The van der Waals surface area contributed by atoms with Crippen LogP contribution >= 0.6 is 0 Å². The Balaban J connectivity index is 0.949. The summed E-state index contributed by atoms with van der Waals surface area (Å²) in [6.45, 7) is 11.5. The van der Waals surface area contributed by atoms with E-state index < -0.39 is 11.9 Å². The Labute approximate surface area is 279 Å². The number of aliphatic hydroxyl groups is 2. The molecule has 15 atom stereocenters. The predicted molar refractivity (Wildman–Crippen MR) is 172 cm³/mol. The van der Waals surface area contributed by atoms with E-state index in [0.717, 1.165) is 62.5 Å². The van der Waals surface area contributed by atoms with Crippen molar-refractivity contribution in [2.45, 2.75) is 163 Å². The van der Waals surface area contributed by atoms with Gasteiger partial charge in [0.05, 0.1) is 74.3 Å². The summed E-state index contributed by atoms with van der Waals surface area (Å²) in [5, 5.41) is 23.2. The number of Topliss-reactive ketones (excluding diaryl/α,β-unsaturated/α-hetero) is 1. The molecule has 0 aromatic heterocycles. The van der Waals surface area contributed by atoms with Crippen molar-refractivity contribution in [1.29, 1.82) is 0 Å². The van der Waals surface area contributed by atoms with Crippen LogP contribution in [0.3, 0.4) is 0 Å².